The van der Waals surface area contributed by atoms with Gasteiger partial charge in [-0.3, -0.25) is 0 Å². The summed E-state index contributed by atoms with van der Waals surface area (Å²) < 4.78 is 11.9. The molecule has 2 amide bonds. The number of nitrogens with one attached hydrogen (secondary N) is 2. The molecule has 3 aromatic rings. The van der Waals surface area contributed by atoms with Crippen LogP contribution in [-0.4, -0.2) is 18.1 Å². The Kier molecular flexibility index (Phi) is 7.16. The van der Waals surface area contributed by atoms with Crippen LogP contribution in [0.5, 0.6) is 5.75 Å². The number of fused-ring (bicyclic) bond motifs is 1. The minimum atomic E-state index is -0.710. The van der Waals surface area contributed by atoms with Gasteiger partial charge in [-0.2, -0.15) is 0 Å². The molecule has 1 atom stereocenters. The highest BCUT2D eigenvalue weighted by molar-refractivity contribution is 5.98. The van der Waals surface area contributed by atoms with E-state index in [4.69, 9.17) is 9.47 Å². The van der Waals surface area contributed by atoms with Crippen LogP contribution in [0.3, 0.4) is 0 Å². The van der Waals surface area contributed by atoms with Crippen molar-refractivity contribution in [2.75, 3.05) is 0 Å². The molecule has 0 spiro atoms. The highest BCUT2D eigenvalue weighted by Crippen LogP contribution is 2.39. The van der Waals surface area contributed by atoms with Crippen molar-refractivity contribution in [3.05, 3.63) is 89.1 Å². The van der Waals surface area contributed by atoms with Gasteiger partial charge in [0.2, 0.25) is 0 Å². The van der Waals surface area contributed by atoms with Crippen LogP contribution in [-0.2, 0) is 16.1 Å². The molecule has 1 heterocycles. The quantitative estimate of drug-likeness (QED) is 0.420. The van der Waals surface area contributed by atoms with Gasteiger partial charge in [-0.25, -0.2) is 9.59 Å². The van der Waals surface area contributed by atoms with Gasteiger partial charge in [0, 0.05) is 11.3 Å². The van der Waals surface area contributed by atoms with E-state index in [1.807, 2.05) is 87.5 Å². The van der Waals surface area contributed by atoms with Gasteiger partial charge < -0.3 is 20.1 Å². The second-order valence-electron chi connectivity index (χ2n) is 8.60. The molecule has 6 nitrogen and oxygen atoms in total. The van der Waals surface area contributed by atoms with Crippen LogP contribution in [0.1, 0.15) is 50.8 Å². The summed E-state index contributed by atoms with van der Waals surface area (Å²) in [5.74, 6) is 0.165. The molecular formula is C28H30N2O4. The number of urea groups is 1. The molecule has 2 N–H and O–H groups in total. The van der Waals surface area contributed by atoms with Crippen molar-refractivity contribution in [3.63, 3.8) is 0 Å². The summed E-state index contributed by atoms with van der Waals surface area (Å²) in [5.41, 5.74) is 2.77. The topological polar surface area (TPSA) is 76.7 Å². The van der Waals surface area contributed by atoms with Crippen molar-refractivity contribution in [1.29, 1.82) is 0 Å². The van der Waals surface area contributed by atoms with Gasteiger partial charge in [0.25, 0.3) is 0 Å². The first-order valence-electron chi connectivity index (χ1n) is 11.7. The van der Waals surface area contributed by atoms with Crippen molar-refractivity contribution in [2.24, 2.45) is 0 Å². The minimum absolute atomic E-state index is 0.289. The Morgan fingerprint density at radius 2 is 1.74 bits per heavy atom. The van der Waals surface area contributed by atoms with Crippen LogP contribution >= 0.6 is 0 Å². The second-order valence-corrected chi connectivity index (χ2v) is 8.60. The van der Waals surface area contributed by atoms with E-state index in [1.54, 1.807) is 0 Å². The van der Waals surface area contributed by atoms with E-state index in [-0.39, 0.29) is 12.1 Å². The average molecular weight is 459 g/mol. The zero-order chi connectivity index (χ0) is 24.1. The zero-order valence-electron chi connectivity index (χ0n) is 19.8. The smallest absolute Gasteiger partial charge is 0.338 e. The van der Waals surface area contributed by atoms with Gasteiger partial charge >= 0.3 is 12.0 Å². The maximum absolute atomic E-state index is 13.3. The van der Waals surface area contributed by atoms with E-state index in [2.05, 4.69) is 10.6 Å². The fraction of sp³-hybridized carbons (Fsp3) is 0.286. The number of allylic oxidation sites excluding steroid dienone is 1. The second kappa shape index (κ2) is 10.4. The Morgan fingerprint density at radius 1 is 1.00 bits per heavy atom. The number of carbonyl (C=O) groups excluding carboxylic acids is 2. The van der Waals surface area contributed by atoms with Gasteiger partial charge in [-0.05, 0) is 42.7 Å². The summed E-state index contributed by atoms with van der Waals surface area (Å²) in [7, 11) is 0. The Hall–Kier alpha value is -3.80. The zero-order valence-corrected chi connectivity index (χ0v) is 19.8. The summed E-state index contributed by atoms with van der Waals surface area (Å²) in [6.45, 7) is 6.00. The first kappa shape index (κ1) is 23.4. The number of carbonyl (C=O) groups is 2. The third-order valence-corrected chi connectivity index (χ3v) is 5.67. The molecule has 0 aliphatic carbocycles. The number of hydrogen-bond acceptors (Lipinski definition) is 4. The van der Waals surface area contributed by atoms with E-state index >= 15 is 0 Å². The van der Waals surface area contributed by atoms with Crippen LogP contribution in [0.15, 0.2) is 78.0 Å². The molecule has 176 valence electrons. The van der Waals surface area contributed by atoms with E-state index in [1.165, 1.54) is 0 Å². The Morgan fingerprint density at radius 3 is 2.47 bits per heavy atom. The first-order chi connectivity index (χ1) is 16.5. The molecule has 1 unspecified atom stereocenters. The fourth-order valence-electron chi connectivity index (χ4n) is 4.23. The highest BCUT2D eigenvalue weighted by Gasteiger charge is 2.36. The largest absolute Gasteiger partial charge is 0.489 e. The Balaban J connectivity index is 1.86. The molecular weight excluding hydrogens is 428 g/mol. The normalized spacial score (nSPS) is 15.8. The van der Waals surface area contributed by atoms with Crippen LogP contribution in [0, 0.1) is 0 Å². The Labute approximate surface area is 200 Å². The lowest BCUT2D eigenvalue weighted by Crippen LogP contribution is -2.46. The maximum Gasteiger partial charge on any atom is 0.338 e. The van der Waals surface area contributed by atoms with Crippen LogP contribution in [0.4, 0.5) is 4.79 Å². The lowest BCUT2D eigenvalue weighted by Gasteiger charge is -2.31. The Bertz CT molecular complexity index is 1220. The molecule has 1 aliphatic rings. The molecule has 0 radical (unpaired) electrons. The van der Waals surface area contributed by atoms with Gasteiger partial charge in [-0.1, -0.05) is 74.0 Å². The van der Waals surface area contributed by atoms with E-state index in [0.717, 1.165) is 28.3 Å². The molecule has 34 heavy (non-hydrogen) atoms. The van der Waals surface area contributed by atoms with Crippen molar-refractivity contribution in [3.8, 4) is 5.75 Å². The lowest BCUT2D eigenvalue weighted by molar-refractivity contribution is -0.143. The number of ether oxygens (including phenoxy) is 2. The van der Waals surface area contributed by atoms with E-state index < -0.39 is 12.0 Å². The average Bonchev–Trinajstić information content (AvgIpc) is 2.82. The highest BCUT2D eigenvalue weighted by atomic mass is 16.5. The van der Waals surface area contributed by atoms with Crippen molar-refractivity contribution >= 4 is 22.8 Å². The SMILES string of the molecule is CCCC1=C(C(=O)OC(C)C)C(c2c(OCc3ccccc3)ccc3ccccc23)NC(=O)N1. The third kappa shape index (κ3) is 5.06. The van der Waals surface area contributed by atoms with Gasteiger partial charge in [-0.15, -0.1) is 0 Å². The molecule has 0 bridgehead atoms. The van der Waals surface area contributed by atoms with Crippen molar-refractivity contribution in [1.82, 2.24) is 10.6 Å². The number of esters is 1. The third-order valence-electron chi connectivity index (χ3n) is 5.67. The first-order valence-corrected chi connectivity index (χ1v) is 11.7. The van der Waals surface area contributed by atoms with Crippen LogP contribution < -0.4 is 15.4 Å². The van der Waals surface area contributed by atoms with E-state index in [0.29, 0.717) is 30.0 Å². The van der Waals surface area contributed by atoms with Crippen molar-refractivity contribution in [2.45, 2.75) is 52.4 Å². The molecule has 1 aliphatic heterocycles. The summed E-state index contributed by atoms with van der Waals surface area (Å²) in [6, 6.07) is 20.6. The van der Waals surface area contributed by atoms with Gasteiger partial charge in [0.15, 0.2) is 0 Å². The molecule has 3 aromatic carbocycles. The van der Waals surface area contributed by atoms with Gasteiger partial charge in [0.1, 0.15) is 12.4 Å². The van der Waals surface area contributed by atoms with Crippen LogP contribution in [0.2, 0.25) is 0 Å². The number of rotatable bonds is 8. The molecule has 0 saturated carbocycles. The maximum atomic E-state index is 13.3. The predicted octanol–water partition coefficient (Wildman–Crippen LogP) is 5.78. The standard InChI is InChI=1S/C28H30N2O4/c1-4-10-22-25(27(31)34-18(2)3)26(30-28(32)29-22)24-21-14-9-8-13-20(21)15-16-23(24)33-17-19-11-6-5-7-12-19/h5-9,11-16,18,26H,4,10,17H2,1-3H3,(H2,29,30,32). The van der Waals surface area contributed by atoms with Crippen LogP contribution in [0.25, 0.3) is 10.8 Å². The summed E-state index contributed by atoms with van der Waals surface area (Å²) in [5, 5.41) is 7.70. The molecule has 6 heteroatoms. The molecule has 0 aromatic heterocycles. The lowest BCUT2D eigenvalue weighted by atomic mass is 9.89. The van der Waals surface area contributed by atoms with Crippen molar-refractivity contribution < 1.29 is 19.1 Å². The minimum Gasteiger partial charge on any atom is -0.489 e. The van der Waals surface area contributed by atoms with Gasteiger partial charge in [0.05, 0.1) is 17.7 Å². The molecule has 0 saturated heterocycles. The monoisotopic (exact) mass is 458 g/mol. The summed E-state index contributed by atoms with van der Waals surface area (Å²) in [6.07, 6.45) is 1.04. The fourth-order valence-corrected chi connectivity index (χ4v) is 4.23. The molecule has 0 fully saturated rings. The summed E-state index contributed by atoms with van der Waals surface area (Å²) >= 11 is 0. The molecule has 4 rings (SSSR count). The predicted molar refractivity (Wildman–Crippen MR) is 132 cm³/mol. The van der Waals surface area contributed by atoms with E-state index in [9.17, 15) is 9.59 Å². The number of hydrogen-bond donors (Lipinski definition) is 2. The number of benzene rings is 3. The number of amides is 2. The summed E-state index contributed by atoms with van der Waals surface area (Å²) in [4.78, 5) is 26.0.